The molecule has 0 aliphatic carbocycles. The molecule has 0 saturated heterocycles. The first kappa shape index (κ1) is 17.5. The Kier molecular flexibility index (Phi) is 7.83. The van der Waals surface area contributed by atoms with Crippen LogP contribution in [0.5, 0.6) is 5.75 Å². The largest absolute Gasteiger partial charge is 0.497 e. The van der Waals surface area contributed by atoms with Crippen molar-refractivity contribution in [2.45, 2.75) is 39.7 Å². The van der Waals surface area contributed by atoms with Gasteiger partial charge in [-0.15, -0.1) is 0 Å². The Labute approximate surface area is 128 Å². The van der Waals surface area contributed by atoms with Crippen LogP contribution in [0.15, 0.2) is 24.3 Å². The average Bonchev–Trinajstić information content (AvgIpc) is 2.49. The Balaban J connectivity index is 2.15. The lowest BCUT2D eigenvalue weighted by atomic mass is 10.1. The fraction of sp³-hybridized carbons (Fsp3) is 0.588. The van der Waals surface area contributed by atoms with E-state index in [1.165, 1.54) is 5.56 Å². The number of carbonyl (C=O) groups excluding carboxylic acids is 1. The SMILES string of the molecule is COc1ccc(CCC(C)NCCNC(=O)C(C)C)cc1. The Bertz CT molecular complexity index is 415. The molecule has 118 valence electrons. The number of ether oxygens (including phenoxy) is 1. The highest BCUT2D eigenvalue weighted by molar-refractivity contribution is 5.77. The Morgan fingerprint density at radius 1 is 1.14 bits per heavy atom. The molecule has 1 unspecified atom stereocenters. The van der Waals surface area contributed by atoms with Crippen LogP contribution in [-0.4, -0.2) is 32.1 Å². The van der Waals surface area contributed by atoms with E-state index in [-0.39, 0.29) is 11.8 Å². The molecule has 0 spiro atoms. The second-order valence-electron chi connectivity index (χ2n) is 5.69. The predicted molar refractivity (Wildman–Crippen MR) is 86.6 cm³/mol. The van der Waals surface area contributed by atoms with Gasteiger partial charge in [-0.25, -0.2) is 0 Å². The minimum Gasteiger partial charge on any atom is -0.497 e. The molecule has 4 nitrogen and oxygen atoms in total. The molecule has 1 aromatic rings. The van der Waals surface area contributed by atoms with E-state index in [9.17, 15) is 4.79 Å². The van der Waals surface area contributed by atoms with Crippen molar-refractivity contribution >= 4 is 5.91 Å². The number of nitrogens with one attached hydrogen (secondary N) is 2. The molecule has 0 aliphatic rings. The molecule has 1 aromatic carbocycles. The van der Waals surface area contributed by atoms with Crippen LogP contribution in [0.2, 0.25) is 0 Å². The second-order valence-corrected chi connectivity index (χ2v) is 5.69. The van der Waals surface area contributed by atoms with Crippen molar-refractivity contribution in [3.63, 3.8) is 0 Å². The summed E-state index contributed by atoms with van der Waals surface area (Å²) in [6, 6.07) is 8.63. The Morgan fingerprint density at radius 2 is 1.81 bits per heavy atom. The van der Waals surface area contributed by atoms with Crippen molar-refractivity contribution in [1.29, 1.82) is 0 Å². The lowest BCUT2D eigenvalue weighted by Gasteiger charge is -2.15. The smallest absolute Gasteiger partial charge is 0.222 e. The van der Waals surface area contributed by atoms with Crippen molar-refractivity contribution in [2.75, 3.05) is 20.2 Å². The van der Waals surface area contributed by atoms with Crippen molar-refractivity contribution in [3.8, 4) is 5.75 Å². The third-order valence-corrected chi connectivity index (χ3v) is 3.47. The van der Waals surface area contributed by atoms with Crippen LogP contribution in [-0.2, 0) is 11.2 Å². The predicted octanol–water partition coefficient (Wildman–Crippen LogP) is 2.38. The van der Waals surface area contributed by atoms with Crippen molar-refractivity contribution in [1.82, 2.24) is 10.6 Å². The number of carbonyl (C=O) groups is 1. The number of hydrogen-bond acceptors (Lipinski definition) is 3. The molecule has 0 aromatic heterocycles. The minimum absolute atomic E-state index is 0.0532. The van der Waals surface area contributed by atoms with Gasteiger partial charge >= 0.3 is 0 Å². The van der Waals surface area contributed by atoms with Gasteiger partial charge in [0.25, 0.3) is 0 Å². The Morgan fingerprint density at radius 3 is 2.38 bits per heavy atom. The zero-order valence-corrected chi connectivity index (χ0v) is 13.6. The maximum Gasteiger partial charge on any atom is 0.222 e. The molecule has 21 heavy (non-hydrogen) atoms. The highest BCUT2D eigenvalue weighted by Crippen LogP contribution is 2.13. The minimum atomic E-state index is 0.0532. The van der Waals surface area contributed by atoms with Crippen LogP contribution in [0.25, 0.3) is 0 Å². The van der Waals surface area contributed by atoms with E-state index in [0.717, 1.165) is 25.1 Å². The zero-order valence-electron chi connectivity index (χ0n) is 13.6. The molecule has 0 saturated carbocycles. The lowest BCUT2D eigenvalue weighted by molar-refractivity contribution is -0.123. The van der Waals surface area contributed by atoms with Gasteiger partial charge in [0.1, 0.15) is 5.75 Å². The lowest BCUT2D eigenvalue weighted by Crippen LogP contribution is -2.37. The number of methoxy groups -OCH3 is 1. The average molecular weight is 292 g/mol. The maximum atomic E-state index is 11.4. The molecule has 1 atom stereocenters. The first-order valence-corrected chi connectivity index (χ1v) is 7.67. The molecule has 1 amide bonds. The van der Waals surface area contributed by atoms with Crippen LogP contribution in [0.4, 0.5) is 0 Å². The second kappa shape index (κ2) is 9.40. The molecule has 1 rings (SSSR count). The van der Waals surface area contributed by atoms with Gasteiger partial charge < -0.3 is 15.4 Å². The Hall–Kier alpha value is -1.55. The van der Waals surface area contributed by atoms with Crippen molar-refractivity contribution in [2.24, 2.45) is 5.92 Å². The quantitative estimate of drug-likeness (QED) is 0.687. The van der Waals surface area contributed by atoms with E-state index in [0.29, 0.717) is 12.6 Å². The number of hydrogen-bond donors (Lipinski definition) is 2. The van der Waals surface area contributed by atoms with E-state index < -0.39 is 0 Å². The topological polar surface area (TPSA) is 50.4 Å². The summed E-state index contributed by atoms with van der Waals surface area (Å²) in [6.45, 7) is 7.47. The first-order chi connectivity index (χ1) is 10.0. The third kappa shape index (κ3) is 7.14. The van der Waals surface area contributed by atoms with Gasteiger partial charge in [-0.3, -0.25) is 4.79 Å². The fourth-order valence-corrected chi connectivity index (χ4v) is 1.99. The first-order valence-electron chi connectivity index (χ1n) is 7.67. The van der Waals surface area contributed by atoms with Crippen LogP contribution in [0.1, 0.15) is 32.8 Å². The van der Waals surface area contributed by atoms with Crippen LogP contribution < -0.4 is 15.4 Å². The van der Waals surface area contributed by atoms with E-state index in [1.807, 2.05) is 26.0 Å². The molecular weight excluding hydrogens is 264 g/mol. The molecule has 0 heterocycles. The van der Waals surface area contributed by atoms with Gasteiger partial charge in [-0.1, -0.05) is 26.0 Å². The van der Waals surface area contributed by atoms with Crippen LogP contribution in [0.3, 0.4) is 0 Å². The molecule has 0 fully saturated rings. The number of amides is 1. The van der Waals surface area contributed by atoms with Gasteiger partial charge in [0, 0.05) is 25.0 Å². The van der Waals surface area contributed by atoms with Gasteiger partial charge in [0.05, 0.1) is 7.11 Å². The highest BCUT2D eigenvalue weighted by Gasteiger charge is 2.06. The van der Waals surface area contributed by atoms with Crippen molar-refractivity contribution in [3.05, 3.63) is 29.8 Å². The van der Waals surface area contributed by atoms with E-state index in [4.69, 9.17) is 4.74 Å². The van der Waals surface area contributed by atoms with Gasteiger partial charge in [0.15, 0.2) is 0 Å². The summed E-state index contributed by atoms with van der Waals surface area (Å²) >= 11 is 0. The van der Waals surface area contributed by atoms with Crippen LogP contribution >= 0.6 is 0 Å². The fourth-order valence-electron chi connectivity index (χ4n) is 1.99. The van der Waals surface area contributed by atoms with Gasteiger partial charge in [-0.05, 0) is 37.5 Å². The molecule has 2 N–H and O–H groups in total. The number of rotatable bonds is 9. The highest BCUT2D eigenvalue weighted by atomic mass is 16.5. The normalized spacial score (nSPS) is 12.2. The molecule has 0 radical (unpaired) electrons. The van der Waals surface area contributed by atoms with E-state index in [1.54, 1.807) is 7.11 Å². The standard InChI is InChI=1S/C17H28N2O2/c1-13(2)17(20)19-12-11-18-14(3)5-6-15-7-9-16(21-4)10-8-15/h7-10,13-14,18H,5-6,11-12H2,1-4H3,(H,19,20). The maximum absolute atomic E-state index is 11.4. The number of aryl methyl sites for hydroxylation is 1. The zero-order chi connectivity index (χ0) is 15.7. The van der Waals surface area contributed by atoms with E-state index in [2.05, 4.69) is 29.7 Å². The van der Waals surface area contributed by atoms with Crippen LogP contribution in [0, 0.1) is 5.92 Å². The van der Waals surface area contributed by atoms with Gasteiger partial charge in [0.2, 0.25) is 5.91 Å². The van der Waals surface area contributed by atoms with Crippen molar-refractivity contribution < 1.29 is 9.53 Å². The summed E-state index contributed by atoms with van der Waals surface area (Å²) in [6.07, 6.45) is 2.11. The number of benzene rings is 1. The summed E-state index contributed by atoms with van der Waals surface area (Å²) in [7, 11) is 1.68. The molecule has 0 aliphatic heterocycles. The van der Waals surface area contributed by atoms with Gasteiger partial charge in [-0.2, -0.15) is 0 Å². The molecular formula is C17H28N2O2. The summed E-state index contributed by atoms with van der Waals surface area (Å²) in [5.74, 6) is 1.06. The third-order valence-electron chi connectivity index (χ3n) is 3.47. The summed E-state index contributed by atoms with van der Waals surface area (Å²) in [5, 5.41) is 6.34. The molecule has 4 heteroatoms. The molecule has 0 bridgehead atoms. The summed E-state index contributed by atoms with van der Waals surface area (Å²) < 4.78 is 5.15. The van der Waals surface area contributed by atoms with E-state index >= 15 is 0 Å². The summed E-state index contributed by atoms with van der Waals surface area (Å²) in [5.41, 5.74) is 1.32. The monoisotopic (exact) mass is 292 g/mol. The summed E-state index contributed by atoms with van der Waals surface area (Å²) in [4.78, 5) is 11.4.